The Labute approximate surface area is 63.6 Å². The number of methoxy groups -OCH3 is 1. The summed E-state index contributed by atoms with van der Waals surface area (Å²) in [5, 5.41) is 0. The van der Waals surface area contributed by atoms with Gasteiger partial charge < -0.3 is 4.74 Å². The van der Waals surface area contributed by atoms with Gasteiger partial charge in [-0.05, 0) is 18.2 Å². The average molecular weight is 153 g/mol. The fourth-order valence-corrected chi connectivity index (χ4v) is 0.667. The molecule has 3 heteroatoms. The lowest BCUT2D eigenvalue weighted by atomic mass is 10.2. The Balaban J connectivity index is 2.96. The van der Waals surface area contributed by atoms with E-state index in [9.17, 15) is 9.18 Å². The molecule has 0 saturated carbocycles. The van der Waals surface area contributed by atoms with Crippen molar-refractivity contribution in [1.82, 2.24) is 0 Å². The molecular formula is C8H6FO2. The Bertz CT molecular complexity index is 271. The molecule has 0 fully saturated rings. The first-order valence-electron chi connectivity index (χ1n) is 2.99. The van der Waals surface area contributed by atoms with Crippen LogP contribution in [0.1, 0.15) is 10.4 Å². The van der Waals surface area contributed by atoms with Crippen LogP contribution in [0.3, 0.4) is 0 Å². The van der Waals surface area contributed by atoms with Gasteiger partial charge in [-0.25, -0.2) is 9.18 Å². The highest BCUT2D eigenvalue weighted by Gasteiger charge is 2.04. The summed E-state index contributed by atoms with van der Waals surface area (Å²) in [4.78, 5) is 10.7. The minimum atomic E-state index is -0.579. The molecule has 1 aromatic carbocycles. The predicted molar refractivity (Wildman–Crippen MR) is 36.6 cm³/mol. The summed E-state index contributed by atoms with van der Waals surface area (Å²) in [5.74, 6) is -1.05. The number of benzene rings is 1. The second-order valence-electron chi connectivity index (χ2n) is 1.91. The first-order chi connectivity index (χ1) is 5.24. The molecule has 0 aliphatic carbocycles. The van der Waals surface area contributed by atoms with Gasteiger partial charge in [0.2, 0.25) is 0 Å². The van der Waals surface area contributed by atoms with E-state index < -0.39 is 11.8 Å². The van der Waals surface area contributed by atoms with Gasteiger partial charge in [-0.2, -0.15) is 0 Å². The molecule has 0 spiro atoms. The zero-order chi connectivity index (χ0) is 8.27. The largest absolute Gasteiger partial charge is 0.465 e. The summed E-state index contributed by atoms with van der Waals surface area (Å²) < 4.78 is 16.8. The van der Waals surface area contributed by atoms with Gasteiger partial charge in [0.15, 0.2) is 0 Å². The molecule has 2 nitrogen and oxygen atoms in total. The molecule has 1 radical (unpaired) electrons. The number of rotatable bonds is 1. The summed E-state index contributed by atoms with van der Waals surface area (Å²) in [6.45, 7) is 0. The Morgan fingerprint density at radius 2 is 2.45 bits per heavy atom. The van der Waals surface area contributed by atoms with E-state index in [-0.39, 0.29) is 5.56 Å². The van der Waals surface area contributed by atoms with Crippen LogP contribution in [0.5, 0.6) is 0 Å². The molecule has 0 unspecified atom stereocenters. The molecule has 0 atom stereocenters. The molecule has 57 valence electrons. The molecule has 0 aliphatic heterocycles. The highest BCUT2D eigenvalue weighted by molar-refractivity contribution is 5.88. The van der Waals surface area contributed by atoms with Gasteiger partial charge in [-0.1, -0.05) is 6.07 Å². The molecule has 0 amide bonds. The molecule has 0 saturated heterocycles. The summed E-state index contributed by atoms with van der Waals surface area (Å²) >= 11 is 0. The minimum Gasteiger partial charge on any atom is -0.465 e. The number of ether oxygens (including phenoxy) is 1. The predicted octanol–water partition coefficient (Wildman–Crippen LogP) is 1.41. The van der Waals surface area contributed by atoms with Crippen molar-refractivity contribution in [3.8, 4) is 0 Å². The topological polar surface area (TPSA) is 26.3 Å². The molecule has 11 heavy (non-hydrogen) atoms. The van der Waals surface area contributed by atoms with Crippen LogP contribution >= 0.6 is 0 Å². The van der Waals surface area contributed by atoms with Crippen molar-refractivity contribution >= 4 is 5.97 Å². The summed E-state index contributed by atoms with van der Waals surface area (Å²) in [7, 11) is 1.24. The maximum absolute atomic E-state index is 12.4. The van der Waals surface area contributed by atoms with Crippen LogP contribution in [0.2, 0.25) is 0 Å². The third-order valence-corrected chi connectivity index (χ3v) is 1.17. The van der Waals surface area contributed by atoms with Crippen LogP contribution in [-0.2, 0) is 4.74 Å². The monoisotopic (exact) mass is 153 g/mol. The number of esters is 1. The quantitative estimate of drug-likeness (QED) is 0.570. The molecule has 0 aromatic heterocycles. The van der Waals surface area contributed by atoms with E-state index in [4.69, 9.17) is 0 Å². The van der Waals surface area contributed by atoms with Crippen molar-refractivity contribution in [2.24, 2.45) is 0 Å². The van der Waals surface area contributed by atoms with Gasteiger partial charge >= 0.3 is 5.97 Å². The van der Waals surface area contributed by atoms with E-state index in [0.717, 1.165) is 6.07 Å². The highest BCUT2D eigenvalue weighted by Crippen LogP contribution is 2.03. The average Bonchev–Trinajstić information content (AvgIpc) is 2.03. The van der Waals surface area contributed by atoms with Gasteiger partial charge in [0, 0.05) is 0 Å². The van der Waals surface area contributed by atoms with Crippen LogP contribution in [0.25, 0.3) is 0 Å². The van der Waals surface area contributed by atoms with E-state index >= 15 is 0 Å². The summed E-state index contributed by atoms with van der Waals surface area (Å²) in [6.07, 6.45) is 0. The maximum atomic E-state index is 12.4. The molecule has 0 heterocycles. The summed E-state index contributed by atoms with van der Waals surface area (Å²) in [6, 6.07) is 6.17. The number of halogens is 1. The van der Waals surface area contributed by atoms with E-state index in [1.54, 1.807) is 0 Å². The van der Waals surface area contributed by atoms with Gasteiger partial charge in [0.05, 0.1) is 12.7 Å². The number of carbonyl (C=O) groups is 1. The van der Waals surface area contributed by atoms with Gasteiger partial charge in [-0.15, -0.1) is 0 Å². The van der Waals surface area contributed by atoms with Gasteiger partial charge in [0.25, 0.3) is 0 Å². The van der Waals surface area contributed by atoms with Crippen LogP contribution < -0.4 is 0 Å². The lowest BCUT2D eigenvalue weighted by Gasteiger charge is -1.96. The van der Waals surface area contributed by atoms with Gasteiger partial charge in [-0.3, -0.25) is 0 Å². The second-order valence-corrected chi connectivity index (χ2v) is 1.91. The second kappa shape index (κ2) is 3.14. The SMILES string of the molecule is COC(=O)c1[c]ccc(F)c1. The Morgan fingerprint density at radius 3 is 3.00 bits per heavy atom. The van der Waals surface area contributed by atoms with Crippen molar-refractivity contribution in [3.63, 3.8) is 0 Å². The van der Waals surface area contributed by atoms with Crippen molar-refractivity contribution in [3.05, 3.63) is 35.6 Å². The van der Waals surface area contributed by atoms with E-state index in [2.05, 4.69) is 10.8 Å². The van der Waals surface area contributed by atoms with Crippen LogP contribution in [-0.4, -0.2) is 13.1 Å². The first-order valence-corrected chi connectivity index (χ1v) is 2.99. The van der Waals surface area contributed by atoms with Crippen molar-refractivity contribution < 1.29 is 13.9 Å². The molecule has 1 rings (SSSR count). The van der Waals surface area contributed by atoms with Crippen LogP contribution in [0, 0.1) is 11.9 Å². The fraction of sp³-hybridized carbons (Fsp3) is 0.125. The van der Waals surface area contributed by atoms with E-state index in [1.807, 2.05) is 0 Å². The summed E-state index contributed by atoms with van der Waals surface area (Å²) in [5.41, 5.74) is 0.104. The third-order valence-electron chi connectivity index (χ3n) is 1.17. The fourth-order valence-electron chi connectivity index (χ4n) is 0.667. The van der Waals surface area contributed by atoms with E-state index in [1.165, 1.54) is 19.2 Å². The zero-order valence-electron chi connectivity index (χ0n) is 5.93. The van der Waals surface area contributed by atoms with Gasteiger partial charge in [0.1, 0.15) is 5.82 Å². The number of hydrogen-bond donors (Lipinski definition) is 0. The van der Waals surface area contributed by atoms with E-state index in [0.29, 0.717) is 0 Å². The normalized spacial score (nSPS) is 9.27. The lowest BCUT2D eigenvalue weighted by molar-refractivity contribution is 0.0600. The molecule has 0 N–H and O–H groups in total. The van der Waals surface area contributed by atoms with Crippen LogP contribution in [0.4, 0.5) is 4.39 Å². The minimum absolute atomic E-state index is 0.104. The van der Waals surface area contributed by atoms with Crippen LogP contribution in [0.15, 0.2) is 18.2 Å². The van der Waals surface area contributed by atoms with Crippen molar-refractivity contribution in [2.45, 2.75) is 0 Å². The Kier molecular flexibility index (Phi) is 2.21. The molecule has 0 aliphatic rings. The number of hydrogen-bond acceptors (Lipinski definition) is 2. The standard InChI is InChI=1S/C8H6FO2/c1-11-8(10)6-3-2-4-7(9)5-6/h2,4-5H,1H3. The highest BCUT2D eigenvalue weighted by atomic mass is 19.1. The maximum Gasteiger partial charge on any atom is 0.338 e. The molecule has 1 aromatic rings. The molecular weight excluding hydrogens is 147 g/mol. The Morgan fingerprint density at radius 1 is 1.73 bits per heavy atom. The first kappa shape index (κ1) is 7.72. The van der Waals surface area contributed by atoms with Crippen molar-refractivity contribution in [1.29, 1.82) is 0 Å². The zero-order valence-corrected chi connectivity index (χ0v) is 5.93. The number of carbonyl (C=O) groups excluding carboxylic acids is 1. The smallest absolute Gasteiger partial charge is 0.338 e. The Hall–Kier alpha value is -1.38. The lowest BCUT2D eigenvalue weighted by Crippen LogP contribution is -2.01. The molecule has 0 bridgehead atoms. The third kappa shape index (κ3) is 1.77. The van der Waals surface area contributed by atoms with Crippen molar-refractivity contribution in [2.75, 3.05) is 7.11 Å².